The molecule has 22 heavy (non-hydrogen) atoms. The zero-order valence-corrected chi connectivity index (χ0v) is 13.1. The predicted molar refractivity (Wildman–Crippen MR) is 81.7 cm³/mol. The van der Waals surface area contributed by atoms with Gasteiger partial charge in [0.1, 0.15) is 5.54 Å². The normalized spacial score (nSPS) is 24.3. The first-order valence-electron chi connectivity index (χ1n) is 8.07. The SMILES string of the molecule is Cn1cc([C@H]2CCCN2CC(=O)NC2(C#N)CCCC2)cn1. The van der Waals surface area contributed by atoms with Gasteiger partial charge in [-0.25, -0.2) is 0 Å². The van der Waals surface area contributed by atoms with Crippen LogP contribution < -0.4 is 5.32 Å². The minimum absolute atomic E-state index is 0.0285. The second-order valence-electron chi connectivity index (χ2n) is 6.53. The van der Waals surface area contributed by atoms with Gasteiger partial charge < -0.3 is 5.32 Å². The first kappa shape index (κ1) is 15.0. The Balaban J connectivity index is 1.62. The second-order valence-corrected chi connectivity index (χ2v) is 6.53. The molecule has 2 fully saturated rings. The number of aromatic nitrogens is 2. The maximum absolute atomic E-state index is 12.4. The maximum Gasteiger partial charge on any atom is 0.235 e. The van der Waals surface area contributed by atoms with Crippen molar-refractivity contribution in [2.75, 3.05) is 13.1 Å². The standard InChI is InChI=1S/C16H23N5O/c1-20-10-13(9-18-20)14-5-4-8-21(14)11-15(22)19-16(12-17)6-2-3-7-16/h9-10,14H,2-8,11H2,1H3,(H,19,22)/t14-/m1/s1. The summed E-state index contributed by atoms with van der Waals surface area (Å²) in [5.41, 5.74) is 0.546. The van der Waals surface area contributed by atoms with Gasteiger partial charge in [-0.2, -0.15) is 10.4 Å². The number of hydrogen-bond acceptors (Lipinski definition) is 4. The summed E-state index contributed by atoms with van der Waals surface area (Å²) >= 11 is 0. The molecular formula is C16H23N5O. The number of nitrogens with zero attached hydrogens (tertiary/aromatic N) is 4. The van der Waals surface area contributed by atoms with E-state index in [0.717, 1.165) is 45.1 Å². The molecule has 0 aromatic carbocycles. The zero-order valence-electron chi connectivity index (χ0n) is 13.1. The summed E-state index contributed by atoms with van der Waals surface area (Å²) in [7, 11) is 1.91. The van der Waals surface area contributed by atoms with Crippen LogP contribution >= 0.6 is 0 Å². The molecule has 1 aliphatic heterocycles. The van der Waals surface area contributed by atoms with Gasteiger partial charge in [-0.05, 0) is 45.1 Å². The van der Waals surface area contributed by atoms with Crippen molar-refractivity contribution in [2.24, 2.45) is 7.05 Å². The van der Waals surface area contributed by atoms with Gasteiger partial charge in [-0.1, -0.05) is 0 Å². The van der Waals surface area contributed by atoms with Crippen molar-refractivity contribution >= 4 is 5.91 Å². The number of amides is 1. The number of likely N-dealkylation sites (tertiary alicyclic amines) is 1. The summed E-state index contributed by atoms with van der Waals surface area (Å²) < 4.78 is 1.80. The van der Waals surface area contributed by atoms with Crippen LogP contribution in [0.3, 0.4) is 0 Å². The molecule has 1 saturated carbocycles. The van der Waals surface area contributed by atoms with Crippen LogP contribution in [0.2, 0.25) is 0 Å². The molecule has 1 aliphatic carbocycles. The Morgan fingerprint density at radius 2 is 2.27 bits per heavy atom. The molecule has 0 bridgehead atoms. The molecule has 2 heterocycles. The fraction of sp³-hybridized carbons (Fsp3) is 0.688. The molecule has 1 aromatic rings. The van der Waals surface area contributed by atoms with Crippen LogP contribution in [-0.4, -0.2) is 39.2 Å². The van der Waals surface area contributed by atoms with Gasteiger partial charge in [0.15, 0.2) is 0 Å². The zero-order chi connectivity index (χ0) is 15.6. The number of hydrogen-bond donors (Lipinski definition) is 1. The second kappa shape index (κ2) is 6.09. The van der Waals surface area contributed by atoms with Gasteiger partial charge in [0.25, 0.3) is 0 Å². The van der Waals surface area contributed by atoms with Gasteiger partial charge in [0, 0.05) is 24.8 Å². The molecule has 0 radical (unpaired) electrons. The molecule has 1 saturated heterocycles. The number of carbonyl (C=O) groups is 1. The van der Waals surface area contributed by atoms with E-state index in [0.29, 0.717) is 6.54 Å². The van der Waals surface area contributed by atoms with Crippen molar-refractivity contribution in [3.8, 4) is 6.07 Å². The largest absolute Gasteiger partial charge is 0.337 e. The topological polar surface area (TPSA) is 74.0 Å². The molecule has 3 rings (SSSR count). The lowest BCUT2D eigenvalue weighted by atomic mass is 10.00. The summed E-state index contributed by atoms with van der Waals surface area (Å²) in [5.74, 6) is -0.0285. The van der Waals surface area contributed by atoms with E-state index in [1.807, 2.05) is 19.4 Å². The maximum atomic E-state index is 12.4. The summed E-state index contributed by atoms with van der Waals surface area (Å²) in [6.07, 6.45) is 9.66. The smallest absolute Gasteiger partial charge is 0.235 e. The quantitative estimate of drug-likeness (QED) is 0.915. The number of rotatable bonds is 4. The highest BCUT2D eigenvalue weighted by Crippen LogP contribution is 2.32. The van der Waals surface area contributed by atoms with E-state index >= 15 is 0 Å². The Labute approximate surface area is 131 Å². The lowest BCUT2D eigenvalue weighted by Gasteiger charge is -2.26. The molecule has 2 aliphatic rings. The summed E-state index contributed by atoms with van der Waals surface area (Å²) in [4.78, 5) is 14.6. The van der Waals surface area contributed by atoms with Gasteiger partial charge in [-0.15, -0.1) is 0 Å². The number of aryl methyl sites for hydroxylation is 1. The minimum atomic E-state index is -0.624. The van der Waals surface area contributed by atoms with Gasteiger partial charge >= 0.3 is 0 Å². The molecule has 0 unspecified atom stereocenters. The van der Waals surface area contributed by atoms with Crippen molar-refractivity contribution in [2.45, 2.75) is 50.1 Å². The Morgan fingerprint density at radius 3 is 2.91 bits per heavy atom. The number of carbonyl (C=O) groups excluding carboxylic acids is 1. The van der Waals surface area contributed by atoms with E-state index in [9.17, 15) is 10.1 Å². The average Bonchev–Trinajstić information content (AvgIpc) is 3.20. The van der Waals surface area contributed by atoms with E-state index in [1.165, 1.54) is 5.56 Å². The van der Waals surface area contributed by atoms with Crippen LogP contribution in [0.4, 0.5) is 0 Å². The lowest BCUT2D eigenvalue weighted by Crippen LogP contribution is -2.48. The van der Waals surface area contributed by atoms with Crippen LogP contribution in [-0.2, 0) is 11.8 Å². The molecule has 6 heteroatoms. The molecule has 0 spiro atoms. The number of nitriles is 1. The van der Waals surface area contributed by atoms with E-state index in [2.05, 4.69) is 21.4 Å². The Kier molecular flexibility index (Phi) is 4.16. The van der Waals surface area contributed by atoms with Crippen molar-refractivity contribution in [3.05, 3.63) is 18.0 Å². The fourth-order valence-corrected chi connectivity index (χ4v) is 3.74. The average molecular weight is 301 g/mol. The summed E-state index contributed by atoms with van der Waals surface area (Å²) in [6, 6.07) is 2.58. The van der Waals surface area contributed by atoms with Crippen molar-refractivity contribution < 1.29 is 4.79 Å². The van der Waals surface area contributed by atoms with Crippen LogP contribution in [0.25, 0.3) is 0 Å². The Bertz CT molecular complexity index is 582. The first-order chi connectivity index (χ1) is 10.6. The molecule has 1 atom stereocenters. The third kappa shape index (κ3) is 3.00. The highest BCUT2D eigenvalue weighted by atomic mass is 16.2. The van der Waals surface area contributed by atoms with Gasteiger partial charge in [-0.3, -0.25) is 14.4 Å². The first-order valence-corrected chi connectivity index (χ1v) is 8.07. The highest BCUT2D eigenvalue weighted by molar-refractivity contribution is 5.79. The van der Waals surface area contributed by atoms with Crippen LogP contribution in [0, 0.1) is 11.3 Å². The number of nitrogens with one attached hydrogen (secondary N) is 1. The van der Waals surface area contributed by atoms with E-state index in [4.69, 9.17) is 0 Å². The monoisotopic (exact) mass is 301 g/mol. The van der Waals surface area contributed by atoms with Crippen molar-refractivity contribution in [3.63, 3.8) is 0 Å². The van der Waals surface area contributed by atoms with Crippen molar-refractivity contribution in [1.82, 2.24) is 20.0 Å². The van der Waals surface area contributed by atoms with E-state index in [1.54, 1.807) is 4.68 Å². The van der Waals surface area contributed by atoms with Gasteiger partial charge in [0.2, 0.25) is 5.91 Å². The third-order valence-electron chi connectivity index (χ3n) is 4.87. The highest BCUT2D eigenvalue weighted by Gasteiger charge is 2.36. The molecule has 1 N–H and O–H groups in total. The van der Waals surface area contributed by atoms with Crippen LogP contribution in [0.15, 0.2) is 12.4 Å². The Morgan fingerprint density at radius 1 is 1.50 bits per heavy atom. The summed E-state index contributed by atoms with van der Waals surface area (Å²) in [6.45, 7) is 1.29. The van der Waals surface area contributed by atoms with E-state index < -0.39 is 5.54 Å². The fourth-order valence-electron chi connectivity index (χ4n) is 3.74. The third-order valence-corrected chi connectivity index (χ3v) is 4.87. The molecule has 1 aromatic heterocycles. The van der Waals surface area contributed by atoms with Crippen LogP contribution in [0.5, 0.6) is 0 Å². The Hall–Kier alpha value is -1.87. The van der Waals surface area contributed by atoms with Crippen LogP contribution in [0.1, 0.15) is 50.1 Å². The molecular weight excluding hydrogens is 278 g/mol. The van der Waals surface area contributed by atoms with E-state index in [-0.39, 0.29) is 11.9 Å². The summed E-state index contributed by atoms with van der Waals surface area (Å²) in [5, 5.41) is 16.6. The molecule has 6 nitrogen and oxygen atoms in total. The molecule has 118 valence electrons. The lowest BCUT2D eigenvalue weighted by molar-refractivity contribution is -0.123. The van der Waals surface area contributed by atoms with Crippen molar-refractivity contribution in [1.29, 1.82) is 5.26 Å². The van der Waals surface area contributed by atoms with Gasteiger partial charge in [0.05, 0.1) is 18.8 Å². The predicted octanol–water partition coefficient (Wildman–Crippen LogP) is 1.51. The molecule has 1 amide bonds. The minimum Gasteiger partial charge on any atom is -0.337 e.